The number of nitrogens with one attached hydrogen (secondary N) is 2. The number of ketones is 2. The molecule has 0 spiro atoms. The number of ether oxygens (including phenoxy) is 2. The number of carbonyl (C=O) groups excluding carboxylic acids is 3. The molecule has 11 unspecified atom stereocenters. The molecule has 0 bridgehead atoms. The maximum absolute atomic E-state index is 14.8. The molecular weight excluding hydrogens is 632 g/mol. The summed E-state index contributed by atoms with van der Waals surface area (Å²) in [6.45, 7) is 12.7. The number of fused-ring (bicyclic) bond motifs is 2. The lowest BCUT2D eigenvalue weighted by atomic mass is 9.57. The predicted molar refractivity (Wildman–Crippen MR) is 192 cm³/mol. The van der Waals surface area contributed by atoms with Crippen LogP contribution in [0.5, 0.6) is 0 Å². The van der Waals surface area contributed by atoms with Crippen molar-refractivity contribution in [2.45, 2.75) is 128 Å². The third-order valence-electron chi connectivity index (χ3n) is 12.6. The first-order chi connectivity index (χ1) is 23.9. The topological polar surface area (TPSA) is 184 Å². The van der Waals surface area contributed by atoms with Gasteiger partial charge < -0.3 is 20.1 Å². The molecule has 10 N–H and O–H groups in total. The van der Waals surface area contributed by atoms with Crippen LogP contribution in [0.25, 0.3) is 0 Å². The Hall–Kier alpha value is -2.60. The van der Waals surface area contributed by atoms with E-state index in [1.807, 2.05) is 13.0 Å². The molecule has 5 aliphatic rings. The quantitative estimate of drug-likeness (QED) is 0.0360. The van der Waals surface area contributed by atoms with Crippen molar-refractivity contribution in [3.05, 3.63) is 23.8 Å². The van der Waals surface area contributed by atoms with Crippen LogP contribution in [-0.2, 0) is 23.9 Å². The molecule has 11 atom stereocenters. The van der Waals surface area contributed by atoms with Crippen molar-refractivity contribution in [2.75, 3.05) is 26.7 Å². The number of quaternary nitrogens is 2. The molecule has 2 saturated carbocycles. The zero-order chi connectivity index (χ0) is 36.2. The Morgan fingerprint density at radius 1 is 1.18 bits per heavy atom. The maximum Gasteiger partial charge on any atom is 0.350 e. The standard InChI is InChI=1S/C39H64N6O5/c1-7-25-12-13-30(43-8-2)28(20-25)22-49-36(48)39-35(47)33-27(18-23(3)4)10-9-11-29(33)34(46)38(39,50-39)16-14-24(5)19-31(45-37(41)42-6)26-15-17-44-32(40)21-26/h12-14,23,25-33,43-44H,7-11,15-22,40H2,1-6H3,(H3,41,42,45)/p+3. The van der Waals surface area contributed by atoms with Crippen LogP contribution >= 0.6 is 0 Å². The fourth-order valence-electron chi connectivity index (χ4n) is 9.87. The third-order valence-corrected chi connectivity index (χ3v) is 12.6. The summed E-state index contributed by atoms with van der Waals surface area (Å²) in [7, 11) is 1.79. The van der Waals surface area contributed by atoms with Crippen molar-refractivity contribution in [1.29, 1.82) is 0 Å². The number of piperidine rings is 1. The molecule has 2 saturated heterocycles. The van der Waals surface area contributed by atoms with E-state index in [1.54, 1.807) is 7.05 Å². The molecule has 0 aromatic carbocycles. The normalized spacial score (nSPS) is 38.0. The average molecular weight is 700 g/mol. The summed E-state index contributed by atoms with van der Waals surface area (Å²) in [5, 5.41) is 7.90. The number of guanidine groups is 1. The van der Waals surface area contributed by atoms with E-state index >= 15 is 0 Å². The lowest BCUT2D eigenvalue weighted by Gasteiger charge is -2.42. The number of esters is 1. The van der Waals surface area contributed by atoms with Crippen molar-refractivity contribution in [2.24, 2.45) is 52.9 Å². The molecule has 0 amide bonds. The number of nitrogens with two attached hydrogens (primary N) is 4. The van der Waals surface area contributed by atoms with Crippen molar-refractivity contribution in [1.82, 2.24) is 5.32 Å². The fraction of sp³-hybridized carbons (Fsp3) is 0.795. The highest BCUT2D eigenvalue weighted by atomic mass is 16.7. The van der Waals surface area contributed by atoms with E-state index in [1.165, 1.54) is 0 Å². The molecule has 5 rings (SSSR count). The minimum Gasteiger partial charge on any atom is -0.463 e. The molecule has 4 fully saturated rings. The van der Waals surface area contributed by atoms with E-state index in [2.05, 4.69) is 60.8 Å². The van der Waals surface area contributed by atoms with Gasteiger partial charge in [-0.2, -0.15) is 0 Å². The Morgan fingerprint density at radius 3 is 2.64 bits per heavy atom. The molecule has 0 aromatic heterocycles. The summed E-state index contributed by atoms with van der Waals surface area (Å²) in [5.41, 5.74) is 10.2. The third kappa shape index (κ3) is 7.76. The molecule has 50 heavy (non-hydrogen) atoms. The molecule has 11 heteroatoms. The van der Waals surface area contributed by atoms with Gasteiger partial charge in [0.2, 0.25) is 0 Å². The second-order valence-electron chi connectivity index (χ2n) is 16.5. The highest BCUT2D eigenvalue weighted by molar-refractivity contribution is 6.23. The number of carbonyl (C=O) groups is 3. The summed E-state index contributed by atoms with van der Waals surface area (Å²) in [6.07, 6.45) is 14.6. The van der Waals surface area contributed by atoms with Crippen molar-refractivity contribution in [3.8, 4) is 0 Å². The van der Waals surface area contributed by atoms with Crippen molar-refractivity contribution in [3.63, 3.8) is 0 Å². The number of rotatable bonds is 14. The van der Waals surface area contributed by atoms with E-state index in [9.17, 15) is 14.4 Å². The van der Waals surface area contributed by atoms with Crippen molar-refractivity contribution >= 4 is 23.5 Å². The number of hydrogen-bond acceptors (Lipinski definition) is 6. The lowest BCUT2D eigenvalue weighted by molar-refractivity contribution is -0.699. The van der Waals surface area contributed by atoms with Gasteiger partial charge in [-0.1, -0.05) is 44.9 Å². The first-order valence-electron chi connectivity index (χ1n) is 19.7. The zero-order valence-corrected chi connectivity index (χ0v) is 31.5. The van der Waals surface area contributed by atoms with Crippen LogP contribution in [0.3, 0.4) is 0 Å². The minimum absolute atomic E-state index is 0.0401. The molecule has 280 valence electrons. The van der Waals surface area contributed by atoms with Gasteiger partial charge in [0, 0.05) is 49.4 Å². The van der Waals surface area contributed by atoms with Crippen LogP contribution in [0.15, 0.2) is 23.8 Å². The molecule has 2 heterocycles. The van der Waals surface area contributed by atoms with Gasteiger partial charge in [-0.05, 0) is 69.8 Å². The summed E-state index contributed by atoms with van der Waals surface area (Å²) in [4.78, 5) is 46.8. The summed E-state index contributed by atoms with van der Waals surface area (Å²) in [5.74, 6) is -0.0788. The predicted octanol–water partition coefficient (Wildman–Crippen LogP) is -0.210. The monoisotopic (exact) mass is 700 g/mol. The Kier molecular flexibility index (Phi) is 12.7. The van der Waals surface area contributed by atoms with E-state index < -0.39 is 29.0 Å². The second-order valence-corrected chi connectivity index (χ2v) is 16.5. The number of hydrogen-bond donors (Lipinski definition) is 6. The molecule has 11 nitrogen and oxygen atoms in total. The second kappa shape index (κ2) is 16.4. The smallest absolute Gasteiger partial charge is 0.350 e. The van der Waals surface area contributed by atoms with Gasteiger partial charge in [-0.15, -0.1) is 0 Å². The van der Waals surface area contributed by atoms with E-state index in [0.717, 1.165) is 63.6 Å². The van der Waals surface area contributed by atoms with Gasteiger partial charge in [0.25, 0.3) is 5.60 Å². The zero-order valence-electron chi connectivity index (χ0n) is 31.5. The number of likely N-dealkylation sites (N-methyl/N-ethyl adjacent to an activating group) is 1. The van der Waals surface area contributed by atoms with Gasteiger partial charge in [-0.25, -0.2) is 4.79 Å². The van der Waals surface area contributed by atoms with Gasteiger partial charge in [0.05, 0.1) is 26.2 Å². The van der Waals surface area contributed by atoms with E-state index in [4.69, 9.17) is 20.9 Å². The summed E-state index contributed by atoms with van der Waals surface area (Å²) < 4.78 is 12.5. The minimum atomic E-state index is -1.87. The number of allylic oxidation sites excluding steroid dienone is 1. The highest BCUT2D eigenvalue weighted by Gasteiger charge is 2.87. The van der Waals surface area contributed by atoms with Gasteiger partial charge in [0.15, 0.2) is 17.2 Å². The molecule has 3 aliphatic carbocycles. The van der Waals surface area contributed by atoms with Crippen LogP contribution < -0.4 is 32.4 Å². The molecule has 2 aliphatic heterocycles. The largest absolute Gasteiger partial charge is 0.463 e. The Bertz CT molecular complexity index is 1330. The molecule has 0 aromatic rings. The van der Waals surface area contributed by atoms with Crippen LogP contribution in [0.2, 0.25) is 0 Å². The Balaban J connectivity index is 1.41. The Morgan fingerprint density at radius 2 is 1.96 bits per heavy atom. The number of Topliss-reactive ketones (excluding diaryl/α,β-unsaturated/α-hetero) is 2. The average Bonchev–Trinajstić information content (AvgIpc) is 3.81. The van der Waals surface area contributed by atoms with Gasteiger partial charge >= 0.3 is 11.9 Å². The summed E-state index contributed by atoms with van der Waals surface area (Å²) >= 11 is 0. The molecular formula is C39H67N6O5+3. The first-order valence-corrected chi connectivity index (χ1v) is 19.7. The van der Waals surface area contributed by atoms with E-state index in [0.29, 0.717) is 36.6 Å². The SMILES string of the molecule is CC[NH2+]C1C=CC(CC)CC1COC(=O)C12OC1(CC=C(C)CC(NC(N)=[NH+]C)C1CC[NH2+]C(N)C1)C(=O)C1CCCC(CC(C)C)C1C2=O. The maximum atomic E-state index is 14.8. The van der Waals surface area contributed by atoms with Crippen LogP contribution in [-0.4, -0.2) is 79.7 Å². The first kappa shape index (κ1) is 38.6. The van der Waals surface area contributed by atoms with Gasteiger partial charge in [-0.3, -0.25) is 31.4 Å². The summed E-state index contributed by atoms with van der Waals surface area (Å²) in [6, 6.07) is 0.246. The van der Waals surface area contributed by atoms with Crippen molar-refractivity contribution < 1.29 is 39.5 Å². The van der Waals surface area contributed by atoms with Crippen LogP contribution in [0.1, 0.15) is 98.8 Å². The lowest BCUT2D eigenvalue weighted by Crippen LogP contribution is -2.95. The molecule has 0 radical (unpaired) electrons. The van der Waals surface area contributed by atoms with Gasteiger partial charge in [0.1, 0.15) is 18.8 Å². The van der Waals surface area contributed by atoms with Crippen LogP contribution in [0, 0.1) is 41.4 Å². The number of epoxide rings is 1. The Labute approximate surface area is 299 Å². The highest BCUT2D eigenvalue weighted by Crippen LogP contribution is 2.62. The van der Waals surface area contributed by atoms with E-state index in [-0.39, 0.29) is 54.7 Å². The van der Waals surface area contributed by atoms with Crippen LogP contribution in [0.4, 0.5) is 0 Å². The fourth-order valence-corrected chi connectivity index (χ4v) is 9.87.